The summed E-state index contributed by atoms with van der Waals surface area (Å²) in [6.07, 6.45) is 12.0. The Balaban J connectivity index is 0.000000134. The van der Waals surface area contributed by atoms with E-state index >= 15 is 0 Å². The molecule has 15 rings (SSSR count). The van der Waals surface area contributed by atoms with Crippen molar-refractivity contribution in [2.75, 3.05) is 139 Å². The van der Waals surface area contributed by atoms with Crippen molar-refractivity contribution in [1.82, 2.24) is 60.3 Å². The van der Waals surface area contributed by atoms with Crippen molar-refractivity contribution < 1.29 is 62.5 Å². The second kappa shape index (κ2) is 32.2. The number of amides is 3. The molecule has 528 valence electrons. The number of amidine groups is 3. The summed E-state index contributed by atoms with van der Waals surface area (Å²) in [5.41, 5.74) is 7.22. The van der Waals surface area contributed by atoms with Crippen LogP contribution in [0.2, 0.25) is 0 Å². The summed E-state index contributed by atoms with van der Waals surface area (Å²) in [5.74, 6) is 5.10. The van der Waals surface area contributed by atoms with Gasteiger partial charge in [-0.05, 0) is 114 Å². The number of aliphatic hydroxyl groups is 3. The first kappa shape index (κ1) is 69.0. The van der Waals surface area contributed by atoms with Crippen molar-refractivity contribution in [2.45, 2.75) is 63.3 Å². The molecule has 100 heavy (non-hydrogen) atoms. The number of likely N-dealkylation sites (tertiary alicyclic amines) is 3. The maximum atomic E-state index is 12.7. The number of rotatable bonds is 21. The van der Waals surface area contributed by atoms with Crippen molar-refractivity contribution in [1.29, 1.82) is 0 Å². The number of fused-ring (bicyclic) bond motifs is 9. The molecule has 3 aromatic heterocycles. The number of piperidine rings is 1. The number of aliphatic hydroxyl groups excluding tert-OH is 3. The van der Waals surface area contributed by atoms with E-state index in [1.165, 1.54) is 99.7 Å². The van der Waals surface area contributed by atoms with Crippen molar-refractivity contribution in [3.63, 3.8) is 0 Å². The minimum Gasteiger partial charge on any atom is -0.491 e. The summed E-state index contributed by atoms with van der Waals surface area (Å²) in [4.78, 5) is 90.9. The molecule has 3 saturated heterocycles. The summed E-state index contributed by atoms with van der Waals surface area (Å²) in [7, 11) is 4.64. The first-order chi connectivity index (χ1) is 48.9. The topological polar surface area (TPSA) is 349 Å². The molecule has 12 heterocycles. The number of hydrogen-bond donors (Lipinski definition) is 6. The van der Waals surface area contributed by atoms with Gasteiger partial charge < -0.3 is 62.9 Å². The standard InChI is InChI=1S/C23H28N6O4S.C22H26N6O5.C22H26N6O4S/c1-32-20-17(33-13-15(30)12-28-8-3-2-4-9-28)6-5-16-19(20)26-23(29-10-7-25-21(16)29)27-22(31)18-11-24-14-34-18;2*1-31-19-16(32-12-14(29)11-27-7-2-3-8-27)5-4-15-18(19)25-22(28-9-6-24-20(15)28)26-21(30)17-10-23-13-33-17/h5-6,11,14-15,30H,2-4,7-10,12-13H2,1H3,(H,26,27,31);2*4-5,10,13-14,29H,2-3,6-9,11-12H2,1H3,(H,25,26,30)/t15-;2*14-/m111/s1. The number of β-amino-alcohol motifs (C(OH)–C–C–N with tert-alkyl or cyclic N) is 3. The van der Waals surface area contributed by atoms with Gasteiger partial charge in [0.15, 0.2) is 40.9 Å². The van der Waals surface area contributed by atoms with E-state index in [0.717, 1.165) is 67.6 Å². The fraction of sp³-hybridized carbons (Fsp3) is 0.463. The monoisotopic (exact) mass is 1410 g/mol. The van der Waals surface area contributed by atoms with Gasteiger partial charge in [0, 0.05) is 56.0 Å². The number of oxazole rings is 1. The summed E-state index contributed by atoms with van der Waals surface area (Å²) in [6.45, 7) is 11.9. The van der Waals surface area contributed by atoms with E-state index in [1.807, 2.05) is 45.0 Å². The zero-order chi connectivity index (χ0) is 69.1. The van der Waals surface area contributed by atoms with Crippen LogP contribution in [0.4, 0.5) is 17.1 Å². The highest BCUT2D eigenvalue weighted by molar-refractivity contribution is 7.12. The molecular formula is C67H80N18O13S2. The van der Waals surface area contributed by atoms with Crippen LogP contribution in [-0.2, 0) is 0 Å². The smallest absolute Gasteiger partial charge is 0.295 e. The van der Waals surface area contributed by atoms with Gasteiger partial charge in [0.25, 0.3) is 17.7 Å². The van der Waals surface area contributed by atoms with Crippen LogP contribution in [0.5, 0.6) is 34.5 Å². The Morgan fingerprint density at radius 1 is 0.470 bits per heavy atom. The molecule has 0 spiro atoms. The average Bonchev–Trinajstić information content (AvgIpc) is 1.31. The molecule has 3 atom stereocenters. The fourth-order valence-electron chi connectivity index (χ4n) is 13.1. The van der Waals surface area contributed by atoms with Gasteiger partial charge in [-0.2, -0.15) is 0 Å². The Labute approximate surface area is 584 Å². The van der Waals surface area contributed by atoms with Crippen molar-refractivity contribution in [2.24, 2.45) is 30.0 Å². The van der Waals surface area contributed by atoms with Gasteiger partial charge in [-0.15, -0.1) is 22.7 Å². The van der Waals surface area contributed by atoms with Crippen LogP contribution < -0.4 is 44.4 Å². The second-order valence-corrected chi connectivity index (χ2v) is 26.4. The molecular weight excluding hydrogens is 1330 g/mol. The number of methoxy groups -OCH3 is 3. The van der Waals surface area contributed by atoms with E-state index < -0.39 is 24.2 Å². The minimum atomic E-state index is -0.612. The first-order valence-electron chi connectivity index (χ1n) is 33.5. The van der Waals surface area contributed by atoms with Crippen LogP contribution in [0, 0.1) is 0 Å². The van der Waals surface area contributed by atoms with E-state index in [1.54, 1.807) is 31.3 Å². The van der Waals surface area contributed by atoms with Crippen LogP contribution >= 0.6 is 22.7 Å². The SMILES string of the molecule is COc1c(OC[C@H](O)CN2CCCC2)ccc2c1N=C(NC(=O)c1cnco1)N1CCN=C21.COc1c(OC[C@H](O)CN2CCCC2)ccc2c1N=C(NC(=O)c1cncs1)N1CCN=C21.COc1c(OC[C@H](O)CN2CCCCC2)ccc2c1N=C(NC(=O)c1cncs1)N1CCN=C21. The summed E-state index contributed by atoms with van der Waals surface area (Å²) in [5, 5.41) is 39.9. The number of benzene rings is 3. The van der Waals surface area contributed by atoms with Gasteiger partial charge in [0.05, 0.1) is 70.6 Å². The number of ether oxygens (including phenoxy) is 6. The van der Waals surface area contributed by atoms with E-state index in [4.69, 9.17) is 42.8 Å². The summed E-state index contributed by atoms with van der Waals surface area (Å²) < 4.78 is 39.9. The number of nitrogens with one attached hydrogen (secondary N) is 3. The highest BCUT2D eigenvalue weighted by atomic mass is 32.1. The van der Waals surface area contributed by atoms with E-state index in [2.05, 4.69) is 65.6 Å². The van der Waals surface area contributed by atoms with Gasteiger partial charge >= 0.3 is 0 Å². The minimum absolute atomic E-state index is 0.0808. The Morgan fingerprint density at radius 2 is 0.820 bits per heavy atom. The number of aliphatic imine (C=N–C) groups is 6. The van der Waals surface area contributed by atoms with E-state index in [0.29, 0.717) is 144 Å². The maximum Gasteiger partial charge on any atom is 0.295 e. The van der Waals surface area contributed by atoms with Gasteiger partial charge in [-0.3, -0.25) is 70.0 Å². The maximum absolute atomic E-state index is 12.7. The van der Waals surface area contributed by atoms with Crippen LogP contribution in [0.1, 0.15) is 91.5 Å². The first-order valence-corrected chi connectivity index (χ1v) is 35.2. The van der Waals surface area contributed by atoms with Crippen LogP contribution in [0.3, 0.4) is 0 Å². The van der Waals surface area contributed by atoms with Crippen LogP contribution in [0.15, 0.2) is 107 Å². The highest BCUT2D eigenvalue weighted by Crippen LogP contribution is 2.46. The third-order valence-electron chi connectivity index (χ3n) is 17.8. The molecule has 0 bridgehead atoms. The third kappa shape index (κ3) is 15.7. The van der Waals surface area contributed by atoms with Crippen LogP contribution in [-0.4, -0.2) is 270 Å². The number of thiazole rings is 2. The molecule has 0 saturated carbocycles. The molecule has 33 heteroatoms. The van der Waals surface area contributed by atoms with Crippen molar-refractivity contribution in [3.8, 4) is 34.5 Å². The predicted octanol–water partition coefficient (Wildman–Crippen LogP) is 4.36. The zero-order valence-electron chi connectivity index (χ0n) is 55.8. The molecule has 9 aliphatic heterocycles. The summed E-state index contributed by atoms with van der Waals surface area (Å²) in [6, 6.07) is 11.1. The second-order valence-electron chi connectivity index (χ2n) is 24.6. The Kier molecular flexibility index (Phi) is 22.2. The lowest BCUT2D eigenvalue weighted by atomic mass is 10.1. The van der Waals surface area contributed by atoms with Crippen LogP contribution in [0.25, 0.3) is 0 Å². The Bertz CT molecular complexity index is 3900. The van der Waals surface area contributed by atoms with Gasteiger partial charge in [-0.25, -0.2) is 20.0 Å². The molecule has 0 aliphatic carbocycles. The lowest BCUT2D eigenvalue weighted by Gasteiger charge is -2.29. The Hall–Kier alpha value is -9.48. The number of hydrogen-bond acceptors (Lipinski definition) is 30. The molecule has 9 aliphatic rings. The van der Waals surface area contributed by atoms with E-state index in [9.17, 15) is 29.7 Å². The van der Waals surface area contributed by atoms with Gasteiger partial charge in [0.2, 0.25) is 23.6 Å². The lowest BCUT2D eigenvalue weighted by molar-refractivity contribution is 0.0608. The number of carbonyl (C=O) groups excluding carboxylic acids is 3. The number of aromatic nitrogens is 3. The van der Waals surface area contributed by atoms with Crippen molar-refractivity contribution in [3.05, 3.63) is 105 Å². The third-order valence-corrected chi connectivity index (χ3v) is 19.3. The predicted molar refractivity (Wildman–Crippen MR) is 374 cm³/mol. The zero-order valence-corrected chi connectivity index (χ0v) is 57.4. The molecule has 0 radical (unpaired) electrons. The molecule has 3 fully saturated rings. The van der Waals surface area contributed by atoms with Crippen molar-refractivity contribution >= 4 is 92.8 Å². The van der Waals surface area contributed by atoms with E-state index in [-0.39, 0.29) is 37.4 Å². The quantitative estimate of drug-likeness (QED) is 0.0583. The normalized spacial score (nSPS) is 18.4. The number of guanidine groups is 3. The molecule has 6 aromatic rings. The molecule has 31 nitrogen and oxygen atoms in total. The largest absolute Gasteiger partial charge is 0.491 e. The molecule has 6 N–H and O–H groups in total. The lowest BCUT2D eigenvalue weighted by Crippen LogP contribution is -2.47. The molecule has 3 aromatic carbocycles. The molecule has 0 unspecified atom stereocenters. The van der Waals surface area contributed by atoms with Gasteiger partial charge in [-0.1, -0.05) is 6.42 Å². The summed E-state index contributed by atoms with van der Waals surface area (Å²) >= 11 is 2.53. The number of nitrogens with zero attached hydrogens (tertiary/aromatic N) is 15. The Morgan fingerprint density at radius 3 is 1.14 bits per heavy atom. The molecule has 3 amide bonds. The van der Waals surface area contributed by atoms with Gasteiger partial charge in [0.1, 0.15) is 82.5 Å². The number of carbonyl (C=O) groups is 3. The highest BCUT2D eigenvalue weighted by Gasteiger charge is 2.38. The average molecular weight is 1410 g/mol. The fourth-order valence-corrected chi connectivity index (χ4v) is 14.1.